The van der Waals surface area contributed by atoms with E-state index in [0.29, 0.717) is 23.5 Å². The van der Waals surface area contributed by atoms with Crippen LogP contribution in [-0.4, -0.2) is 33.3 Å². The van der Waals surface area contributed by atoms with Gasteiger partial charge in [0.2, 0.25) is 0 Å². The Balaban J connectivity index is 1.81. The zero-order valence-electron chi connectivity index (χ0n) is 13.5. The van der Waals surface area contributed by atoms with E-state index in [-0.39, 0.29) is 5.82 Å². The van der Waals surface area contributed by atoms with Crippen LogP contribution in [-0.2, 0) is 11.3 Å². The van der Waals surface area contributed by atoms with Gasteiger partial charge in [-0.25, -0.2) is 4.39 Å². The zero-order valence-corrected chi connectivity index (χ0v) is 13.5. The van der Waals surface area contributed by atoms with Crippen molar-refractivity contribution in [3.63, 3.8) is 0 Å². The van der Waals surface area contributed by atoms with E-state index in [2.05, 4.69) is 15.6 Å². The molecule has 0 unspecified atom stereocenters. The molecule has 0 heterocycles. The van der Waals surface area contributed by atoms with E-state index in [1.807, 2.05) is 6.07 Å². The maximum Gasteiger partial charge on any atom is 0.191 e. The number of hydrogen-bond donors (Lipinski definition) is 2. The average molecular weight is 307 g/mol. The van der Waals surface area contributed by atoms with Gasteiger partial charge >= 0.3 is 0 Å². The van der Waals surface area contributed by atoms with Crippen LogP contribution < -0.4 is 10.6 Å². The molecule has 4 nitrogen and oxygen atoms in total. The van der Waals surface area contributed by atoms with Crippen molar-refractivity contribution in [1.82, 2.24) is 10.6 Å². The fourth-order valence-corrected chi connectivity index (χ4v) is 2.82. The van der Waals surface area contributed by atoms with Crippen LogP contribution in [0.5, 0.6) is 0 Å². The lowest BCUT2D eigenvalue weighted by molar-refractivity contribution is 0.0732. The summed E-state index contributed by atoms with van der Waals surface area (Å²) in [7, 11) is 3.48. The number of hydrogen-bond acceptors (Lipinski definition) is 2. The number of benzene rings is 1. The van der Waals surface area contributed by atoms with Gasteiger partial charge in [-0.3, -0.25) is 4.99 Å². The maximum atomic E-state index is 13.6. The molecule has 5 heteroatoms. The van der Waals surface area contributed by atoms with Gasteiger partial charge in [0.05, 0.1) is 0 Å². The monoisotopic (exact) mass is 307 g/mol. The third-order valence-corrected chi connectivity index (χ3v) is 4.51. The van der Waals surface area contributed by atoms with Crippen molar-refractivity contribution in [1.29, 1.82) is 0 Å². The summed E-state index contributed by atoms with van der Waals surface area (Å²) in [4.78, 5) is 4.22. The predicted octanol–water partition coefficient (Wildman–Crippen LogP) is 2.70. The first kappa shape index (κ1) is 16.7. The summed E-state index contributed by atoms with van der Waals surface area (Å²) in [6, 6.07) is 6.79. The Bertz CT molecular complexity index is 500. The van der Waals surface area contributed by atoms with E-state index < -0.39 is 0 Å². The molecule has 0 aliphatic heterocycles. The van der Waals surface area contributed by atoms with Crippen LogP contribution in [0.2, 0.25) is 0 Å². The van der Waals surface area contributed by atoms with Gasteiger partial charge in [0.15, 0.2) is 5.96 Å². The minimum absolute atomic E-state index is 0.194. The number of aliphatic imine (C=N–C) groups is 1. The lowest BCUT2D eigenvalue weighted by atomic mass is 9.67. The van der Waals surface area contributed by atoms with E-state index in [1.54, 1.807) is 26.3 Å². The van der Waals surface area contributed by atoms with Gasteiger partial charge < -0.3 is 15.4 Å². The first-order chi connectivity index (χ1) is 10.7. The van der Waals surface area contributed by atoms with Gasteiger partial charge in [-0.15, -0.1) is 0 Å². The maximum absolute atomic E-state index is 13.6. The lowest BCUT2D eigenvalue weighted by Crippen LogP contribution is -2.46. The van der Waals surface area contributed by atoms with E-state index in [9.17, 15) is 4.39 Å². The van der Waals surface area contributed by atoms with Gasteiger partial charge in [0, 0.05) is 39.4 Å². The normalized spacial score (nSPS) is 17.0. The molecule has 2 rings (SSSR count). The van der Waals surface area contributed by atoms with Crippen molar-refractivity contribution in [2.75, 3.05) is 27.3 Å². The Kier molecular flexibility index (Phi) is 6.19. The highest BCUT2D eigenvalue weighted by molar-refractivity contribution is 5.79. The van der Waals surface area contributed by atoms with Crippen molar-refractivity contribution in [2.24, 2.45) is 10.4 Å². The number of nitrogens with one attached hydrogen (secondary N) is 2. The van der Waals surface area contributed by atoms with Gasteiger partial charge in [-0.05, 0) is 30.7 Å². The Labute approximate surface area is 132 Å². The molecule has 22 heavy (non-hydrogen) atoms. The molecular formula is C17H26FN3O. The quantitative estimate of drug-likeness (QED) is 0.601. The fraction of sp³-hybridized carbons (Fsp3) is 0.588. The van der Waals surface area contributed by atoms with Crippen LogP contribution in [0.15, 0.2) is 29.3 Å². The van der Waals surface area contributed by atoms with Crippen LogP contribution in [0.25, 0.3) is 0 Å². The van der Waals surface area contributed by atoms with E-state index in [4.69, 9.17) is 4.74 Å². The number of nitrogens with zero attached hydrogens (tertiary/aromatic N) is 1. The van der Waals surface area contributed by atoms with Gasteiger partial charge in [-0.2, -0.15) is 0 Å². The second kappa shape index (κ2) is 8.13. The molecule has 1 aliphatic carbocycles. The van der Waals surface area contributed by atoms with Crippen LogP contribution >= 0.6 is 0 Å². The van der Waals surface area contributed by atoms with E-state index in [1.165, 1.54) is 25.3 Å². The third-order valence-electron chi connectivity index (χ3n) is 4.51. The van der Waals surface area contributed by atoms with Crippen molar-refractivity contribution in [3.8, 4) is 0 Å². The highest BCUT2D eigenvalue weighted by Crippen LogP contribution is 2.43. The number of guanidine groups is 1. The average Bonchev–Trinajstić information content (AvgIpc) is 2.50. The number of rotatable bonds is 7. The standard InChI is InChI=1S/C17H26FN3O/c1-19-16(20-12-14-6-3-4-7-15(14)18)21-13-17(8-5-9-17)10-11-22-2/h3-4,6-7H,5,8-13H2,1-2H3,(H2,19,20,21). The highest BCUT2D eigenvalue weighted by atomic mass is 19.1. The molecule has 0 saturated heterocycles. The topological polar surface area (TPSA) is 45.7 Å². The summed E-state index contributed by atoms with van der Waals surface area (Å²) in [6.07, 6.45) is 4.81. The summed E-state index contributed by atoms with van der Waals surface area (Å²) < 4.78 is 18.8. The SMILES string of the molecule is CN=C(NCc1ccccc1F)NCC1(CCOC)CCC1. The molecule has 0 amide bonds. The van der Waals surface area contributed by atoms with Gasteiger partial charge in [0.25, 0.3) is 0 Å². The van der Waals surface area contributed by atoms with E-state index in [0.717, 1.165) is 19.6 Å². The molecule has 1 aromatic carbocycles. The molecule has 1 saturated carbocycles. The Morgan fingerprint density at radius 3 is 2.68 bits per heavy atom. The van der Waals surface area contributed by atoms with Crippen LogP contribution in [0.3, 0.4) is 0 Å². The van der Waals surface area contributed by atoms with Gasteiger partial charge in [-0.1, -0.05) is 24.6 Å². The van der Waals surface area contributed by atoms with Crippen molar-refractivity contribution < 1.29 is 9.13 Å². The molecule has 0 spiro atoms. The van der Waals surface area contributed by atoms with Crippen molar-refractivity contribution >= 4 is 5.96 Å². The highest BCUT2D eigenvalue weighted by Gasteiger charge is 2.36. The number of methoxy groups -OCH3 is 1. The molecule has 0 aromatic heterocycles. The second-order valence-electron chi connectivity index (χ2n) is 5.97. The molecule has 2 N–H and O–H groups in total. The summed E-state index contributed by atoms with van der Waals surface area (Å²) in [5, 5.41) is 6.54. The lowest BCUT2D eigenvalue weighted by Gasteiger charge is -2.42. The van der Waals surface area contributed by atoms with Crippen LogP contribution in [0.4, 0.5) is 4.39 Å². The molecule has 1 fully saturated rings. The summed E-state index contributed by atoms with van der Waals surface area (Å²) in [6.45, 7) is 2.10. The first-order valence-corrected chi connectivity index (χ1v) is 7.86. The molecule has 0 atom stereocenters. The van der Waals surface area contributed by atoms with Crippen LogP contribution in [0, 0.1) is 11.2 Å². The Hall–Kier alpha value is -1.62. The Morgan fingerprint density at radius 1 is 1.32 bits per heavy atom. The van der Waals surface area contributed by atoms with E-state index >= 15 is 0 Å². The minimum atomic E-state index is -0.194. The largest absolute Gasteiger partial charge is 0.385 e. The third kappa shape index (κ3) is 4.44. The molecular weight excluding hydrogens is 281 g/mol. The Morgan fingerprint density at radius 2 is 2.09 bits per heavy atom. The summed E-state index contributed by atoms with van der Waals surface area (Å²) in [5.41, 5.74) is 0.967. The predicted molar refractivity (Wildman–Crippen MR) is 87.4 cm³/mol. The summed E-state index contributed by atoms with van der Waals surface area (Å²) >= 11 is 0. The van der Waals surface area contributed by atoms with Crippen LogP contribution in [0.1, 0.15) is 31.2 Å². The molecule has 0 radical (unpaired) electrons. The first-order valence-electron chi connectivity index (χ1n) is 7.86. The van der Waals surface area contributed by atoms with Gasteiger partial charge in [0.1, 0.15) is 5.82 Å². The fourth-order valence-electron chi connectivity index (χ4n) is 2.82. The van der Waals surface area contributed by atoms with Crippen molar-refractivity contribution in [3.05, 3.63) is 35.6 Å². The molecule has 122 valence electrons. The smallest absolute Gasteiger partial charge is 0.191 e. The molecule has 0 bridgehead atoms. The second-order valence-corrected chi connectivity index (χ2v) is 5.97. The van der Waals surface area contributed by atoms with Crippen molar-refractivity contribution in [2.45, 2.75) is 32.2 Å². The summed E-state index contributed by atoms with van der Waals surface area (Å²) in [5.74, 6) is 0.521. The molecule has 1 aliphatic rings. The zero-order chi connectivity index (χ0) is 15.8. The molecule has 1 aromatic rings. The number of halogens is 1. The number of ether oxygens (including phenoxy) is 1. The minimum Gasteiger partial charge on any atom is -0.385 e.